The maximum Gasteiger partial charge on any atom is 0.573 e. The van der Waals surface area contributed by atoms with E-state index in [2.05, 4.69) is 10.1 Å². The highest BCUT2D eigenvalue weighted by Gasteiger charge is 2.37. The van der Waals surface area contributed by atoms with Crippen molar-refractivity contribution in [3.8, 4) is 11.5 Å². The first-order chi connectivity index (χ1) is 20.3. The summed E-state index contributed by atoms with van der Waals surface area (Å²) in [5.41, 5.74) is -4.23. The third kappa shape index (κ3) is 9.81. The first-order valence-electron chi connectivity index (χ1n) is 12.1. The fourth-order valence-electron chi connectivity index (χ4n) is 3.62. The van der Waals surface area contributed by atoms with Gasteiger partial charge in [-0.1, -0.05) is 6.07 Å². The molecule has 0 radical (unpaired) electrons. The summed E-state index contributed by atoms with van der Waals surface area (Å²) in [5.74, 6) is -3.23. The molecule has 0 aliphatic carbocycles. The van der Waals surface area contributed by atoms with Gasteiger partial charge in [-0.25, -0.2) is 4.79 Å². The van der Waals surface area contributed by atoms with E-state index in [9.17, 15) is 53.9 Å². The van der Waals surface area contributed by atoms with E-state index in [1.807, 2.05) is 0 Å². The number of hydrogen-bond acceptors (Lipinski definition) is 5. The van der Waals surface area contributed by atoms with Crippen LogP contribution in [0.5, 0.6) is 11.5 Å². The molecule has 0 saturated heterocycles. The Morgan fingerprint density at radius 3 is 1.86 bits per heavy atom. The lowest BCUT2D eigenvalue weighted by Crippen LogP contribution is -2.33. The molecule has 0 atom stereocenters. The second-order valence-electron chi connectivity index (χ2n) is 8.84. The van der Waals surface area contributed by atoms with E-state index >= 15 is 0 Å². The molecule has 2 amide bonds. The Balaban J connectivity index is 1.99. The van der Waals surface area contributed by atoms with Crippen molar-refractivity contribution in [3.05, 3.63) is 89.0 Å². The SMILES string of the molecule is O=C(O)CCNC(=O)c1ccc(N(Cc2cc(C(F)(F)F)cc(C(F)(F)F)c2)C(=O)Oc2cccc(OC(F)(F)F)c2)cc1. The number of amides is 2. The maximum atomic E-state index is 13.4. The lowest BCUT2D eigenvalue weighted by molar-refractivity contribution is -0.274. The van der Waals surface area contributed by atoms with Gasteiger partial charge in [-0.15, -0.1) is 13.2 Å². The van der Waals surface area contributed by atoms with E-state index in [4.69, 9.17) is 9.84 Å². The second kappa shape index (κ2) is 13.1. The monoisotopic (exact) mass is 638 g/mol. The summed E-state index contributed by atoms with van der Waals surface area (Å²) >= 11 is 0. The molecular formula is C27H19F9N2O6. The molecule has 0 aliphatic heterocycles. The molecule has 0 spiro atoms. The van der Waals surface area contributed by atoms with Crippen molar-refractivity contribution >= 4 is 23.7 Å². The molecule has 3 aromatic carbocycles. The van der Waals surface area contributed by atoms with E-state index in [0.29, 0.717) is 23.1 Å². The van der Waals surface area contributed by atoms with Gasteiger partial charge in [0.2, 0.25) is 0 Å². The van der Waals surface area contributed by atoms with Crippen molar-refractivity contribution in [1.29, 1.82) is 0 Å². The molecule has 3 rings (SSSR count). The Morgan fingerprint density at radius 2 is 1.34 bits per heavy atom. The standard InChI is InChI=1S/C27H19F9N2O6/c28-25(29,30)17-10-15(11-18(12-17)26(31,32)33)14-38(19-6-4-16(5-7-19)23(41)37-9-8-22(39)40)24(42)43-20-2-1-3-21(13-20)44-27(34,35)36/h1-7,10-13H,8-9,14H2,(H,37,41)(H,39,40). The van der Waals surface area contributed by atoms with Crippen LogP contribution in [0.2, 0.25) is 0 Å². The quantitative estimate of drug-likeness (QED) is 0.244. The average Bonchev–Trinajstić information content (AvgIpc) is 2.89. The fourth-order valence-corrected chi connectivity index (χ4v) is 3.62. The summed E-state index contributed by atoms with van der Waals surface area (Å²) < 4.78 is 127. The molecule has 236 valence electrons. The Labute approximate surface area is 241 Å². The first-order valence-corrected chi connectivity index (χ1v) is 12.1. The van der Waals surface area contributed by atoms with Crippen LogP contribution in [0.4, 0.5) is 50.0 Å². The Kier molecular flexibility index (Phi) is 10.0. The molecule has 3 aromatic rings. The van der Waals surface area contributed by atoms with Crippen LogP contribution in [-0.4, -0.2) is 36.0 Å². The van der Waals surface area contributed by atoms with Gasteiger partial charge in [-0.05, 0) is 60.2 Å². The lowest BCUT2D eigenvalue weighted by Gasteiger charge is -2.24. The van der Waals surface area contributed by atoms with Gasteiger partial charge < -0.3 is 19.9 Å². The highest BCUT2D eigenvalue weighted by atomic mass is 19.4. The molecule has 8 nitrogen and oxygen atoms in total. The molecular weight excluding hydrogens is 619 g/mol. The molecule has 0 bridgehead atoms. The molecule has 0 saturated carbocycles. The Hall–Kier alpha value is -4.96. The predicted octanol–water partition coefficient (Wildman–Crippen LogP) is 7.03. The average molecular weight is 638 g/mol. The Morgan fingerprint density at radius 1 is 0.773 bits per heavy atom. The number of carbonyl (C=O) groups is 3. The van der Waals surface area contributed by atoms with Crippen molar-refractivity contribution in [2.24, 2.45) is 0 Å². The number of carboxylic acid groups (broad SMARTS) is 1. The Bertz CT molecular complexity index is 1470. The smallest absolute Gasteiger partial charge is 0.481 e. The van der Waals surface area contributed by atoms with Crippen LogP contribution in [0.15, 0.2) is 66.7 Å². The van der Waals surface area contributed by atoms with Crippen molar-refractivity contribution in [1.82, 2.24) is 5.32 Å². The number of halogens is 9. The number of hydrogen-bond donors (Lipinski definition) is 2. The van der Waals surface area contributed by atoms with Gasteiger partial charge in [0.1, 0.15) is 11.5 Å². The van der Waals surface area contributed by atoms with E-state index in [1.165, 1.54) is 0 Å². The number of nitrogens with one attached hydrogen (secondary N) is 1. The van der Waals surface area contributed by atoms with Gasteiger partial charge in [-0.2, -0.15) is 26.3 Å². The molecule has 2 N–H and O–H groups in total. The largest absolute Gasteiger partial charge is 0.573 e. The summed E-state index contributed by atoms with van der Waals surface area (Å²) in [7, 11) is 0. The minimum atomic E-state index is -5.20. The molecule has 0 heterocycles. The number of anilines is 1. The number of aliphatic carboxylic acids is 1. The fraction of sp³-hybridized carbons (Fsp3) is 0.222. The first kappa shape index (κ1) is 33.5. The number of carboxylic acids is 1. The summed E-state index contributed by atoms with van der Waals surface area (Å²) in [5, 5.41) is 11.0. The van der Waals surface area contributed by atoms with Crippen molar-refractivity contribution in [3.63, 3.8) is 0 Å². The predicted molar refractivity (Wildman–Crippen MR) is 133 cm³/mol. The van der Waals surface area contributed by atoms with Crippen molar-refractivity contribution < 1.29 is 68.5 Å². The molecule has 0 aliphatic rings. The highest BCUT2D eigenvalue weighted by Crippen LogP contribution is 2.37. The van der Waals surface area contributed by atoms with Gasteiger partial charge in [0.15, 0.2) is 0 Å². The minimum Gasteiger partial charge on any atom is -0.481 e. The van der Waals surface area contributed by atoms with E-state index in [0.717, 1.165) is 42.5 Å². The van der Waals surface area contributed by atoms with Crippen LogP contribution in [-0.2, 0) is 23.7 Å². The number of nitrogens with zero attached hydrogens (tertiary/aromatic N) is 1. The van der Waals surface area contributed by atoms with Crippen LogP contribution >= 0.6 is 0 Å². The van der Waals surface area contributed by atoms with Crippen LogP contribution in [0.3, 0.4) is 0 Å². The van der Waals surface area contributed by atoms with Crippen LogP contribution < -0.4 is 19.7 Å². The third-order valence-corrected chi connectivity index (χ3v) is 5.52. The summed E-state index contributed by atoms with van der Waals surface area (Å²) in [6, 6.07) is 8.66. The topological polar surface area (TPSA) is 105 Å². The molecule has 0 fully saturated rings. The normalized spacial score (nSPS) is 11.9. The van der Waals surface area contributed by atoms with Gasteiger partial charge in [0.05, 0.1) is 24.1 Å². The van der Waals surface area contributed by atoms with Gasteiger partial charge in [-0.3, -0.25) is 14.5 Å². The number of ether oxygens (including phenoxy) is 2. The lowest BCUT2D eigenvalue weighted by atomic mass is 10.0. The van der Waals surface area contributed by atoms with Crippen LogP contribution in [0, 0.1) is 0 Å². The van der Waals surface area contributed by atoms with E-state index < -0.39 is 77.8 Å². The summed E-state index contributed by atoms with van der Waals surface area (Å²) in [4.78, 5) is 36.6. The van der Waals surface area contributed by atoms with Gasteiger partial charge in [0.25, 0.3) is 5.91 Å². The minimum absolute atomic E-state index is 0.0529. The zero-order chi connectivity index (χ0) is 32.9. The summed E-state index contributed by atoms with van der Waals surface area (Å²) in [6.45, 7) is -1.18. The maximum absolute atomic E-state index is 13.4. The highest BCUT2D eigenvalue weighted by molar-refractivity contribution is 5.95. The molecule has 0 aromatic heterocycles. The number of alkyl halides is 9. The van der Waals surface area contributed by atoms with E-state index in [-0.39, 0.29) is 23.9 Å². The van der Waals surface area contributed by atoms with Crippen molar-refractivity contribution in [2.75, 3.05) is 11.4 Å². The second-order valence-corrected chi connectivity index (χ2v) is 8.84. The van der Waals surface area contributed by atoms with Crippen LogP contribution in [0.25, 0.3) is 0 Å². The van der Waals surface area contributed by atoms with Gasteiger partial charge >= 0.3 is 30.8 Å². The third-order valence-electron chi connectivity index (χ3n) is 5.52. The summed E-state index contributed by atoms with van der Waals surface area (Å²) in [6.07, 6.45) is -17.3. The number of carbonyl (C=O) groups excluding carboxylic acids is 2. The van der Waals surface area contributed by atoms with Crippen molar-refractivity contribution in [2.45, 2.75) is 31.7 Å². The zero-order valence-corrected chi connectivity index (χ0v) is 21.8. The van der Waals surface area contributed by atoms with Gasteiger partial charge in [0, 0.05) is 23.9 Å². The van der Waals surface area contributed by atoms with Crippen LogP contribution in [0.1, 0.15) is 33.5 Å². The molecule has 17 heteroatoms. The van der Waals surface area contributed by atoms with E-state index in [1.54, 1.807) is 0 Å². The number of benzene rings is 3. The molecule has 0 unspecified atom stereocenters. The zero-order valence-electron chi connectivity index (χ0n) is 21.8. The molecule has 44 heavy (non-hydrogen) atoms. The number of rotatable bonds is 9.